The molecule has 0 fully saturated rings. The van der Waals surface area contributed by atoms with Gasteiger partial charge in [0.05, 0.1) is 18.6 Å². The van der Waals surface area contributed by atoms with Crippen LogP contribution in [0.3, 0.4) is 0 Å². The molecule has 2 aromatic rings. The molecule has 0 saturated carbocycles. The van der Waals surface area contributed by atoms with Crippen molar-refractivity contribution in [3.05, 3.63) is 71.5 Å². The number of hydrogen-bond acceptors (Lipinski definition) is 3. The lowest BCUT2D eigenvalue weighted by molar-refractivity contribution is -0.123. The summed E-state index contributed by atoms with van der Waals surface area (Å²) in [5.74, 6) is -0.646. The van der Waals surface area contributed by atoms with Crippen LogP contribution in [0.5, 0.6) is 0 Å². The third-order valence-electron chi connectivity index (χ3n) is 3.80. The third-order valence-corrected chi connectivity index (χ3v) is 3.80. The first-order chi connectivity index (χ1) is 11.5. The summed E-state index contributed by atoms with van der Waals surface area (Å²) in [4.78, 5) is 12.0. The molecule has 0 bridgehead atoms. The molecule has 0 saturated heterocycles. The van der Waals surface area contributed by atoms with Crippen molar-refractivity contribution in [2.45, 2.75) is 38.0 Å². The summed E-state index contributed by atoms with van der Waals surface area (Å²) >= 11 is 0. The van der Waals surface area contributed by atoms with E-state index in [2.05, 4.69) is 5.32 Å². The molecule has 5 heteroatoms. The molecular formula is C19H22FNO3. The van der Waals surface area contributed by atoms with Crippen molar-refractivity contribution in [1.82, 2.24) is 5.32 Å². The highest BCUT2D eigenvalue weighted by Crippen LogP contribution is 2.19. The van der Waals surface area contributed by atoms with Crippen LogP contribution < -0.4 is 5.32 Å². The van der Waals surface area contributed by atoms with Crippen molar-refractivity contribution >= 4 is 5.91 Å². The lowest BCUT2D eigenvalue weighted by Gasteiger charge is -2.19. The second kappa shape index (κ2) is 8.57. The Balaban J connectivity index is 1.82. The van der Waals surface area contributed by atoms with E-state index in [-0.39, 0.29) is 24.2 Å². The average Bonchev–Trinajstić information content (AvgIpc) is 2.55. The van der Waals surface area contributed by atoms with Gasteiger partial charge in [0.1, 0.15) is 5.82 Å². The SMILES string of the molecule is CC(CC(O)c1ccc(F)cc1)NC(=O)CC(O)c1ccccc1. The van der Waals surface area contributed by atoms with Crippen LogP contribution in [0.25, 0.3) is 0 Å². The van der Waals surface area contributed by atoms with Crippen molar-refractivity contribution in [3.8, 4) is 0 Å². The highest BCUT2D eigenvalue weighted by atomic mass is 19.1. The van der Waals surface area contributed by atoms with Crippen LogP contribution in [0.15, 0.2) is 54.6 Å². The van der Waals surface area contributed by atoms with Crippen molar-refractivity contribution in [2.75, 3.05) is 0 Å². The van der Waals surface area contributed by atoms with Gasteiger partial charge in [0.2, 0.25) is 5.91 Å². The molecule has 24 heavy (non-hydrogen) atoms. The van der Waals surface area contributed by atoms with E-state index in [1.165, 1.54) is 24.3 Å². The molecule has 128 valence electrons. The monoisotopic (exact) mass is 331 g/mol. The lowest BCUT2D eigenvalue weighted by atomic mass is 10.0. The van der Waals surface area contributed by atoms with Gasteiger partial charge in [-0.2, -0.15) is 0 Å². The molecule has 0 radical (unpaired) electrons. The second-order valence-electron chi connectivity index (χ2n) is 5.90. The van der Waals surface area contributed by atoms with Crippen molar-refractivity contribution < 1.29 is 19.4 Å². The fourth-order valence-electron chi connectivity index (χ4n) is 2.52. The molecule has 4 nitrogen and oxygen atoms in total. The molecule has 0 heterocycles. The van der Waals surface area contributed by atoms with Crippen LogP contribution in [0.2, 0.25) is 0 Å². The number of carbonyl (C=O) groups is 1. The maximum atomic E-state index is 12.9. The molecular weight excluding hydrogens is 309 g/mol. The van der Waals surface area contributed by atoms with E-state index in [1.54, 1.807) is 31.2 Å². The second-order valence-corrected chi connectivity index (χ2v) is 5.90. The summed E-state index contributed by atoms with van der Waals surface area (Å²) in [6, 6.07) is 14.3. The van der Waals surface area contributed by atoms with Crippen LogP contribution in [0.4, 0.5) is 4.39 Å². The Morgan fingerprint density at radius 2 is 1.58 bits per heavy atom. The highest BCUT2D eigenvalue weighted by molar-refractivity contribution is 5.76. The molecule has 0 aromatic heterocycles. The molecule has 2 aromatic carbocycles. The summed E-state index contributed by atoms with van der Waals surface area (Å²) in [5, 5.41) is 22.9. The molecule has 0 aliphatic heterocycles. The number of hydrogen-bond donors (Lipinski definition) is 3. The summed E-state index contributed by atoms with van der Waals surface area (Å²) in [5.41, 5.74) is 1.29. The van der Waals surface area contributed by atoms with E-state index in [1.807, 2.05) is 6.07 Å². The van der Waals surface area contributed by atoms with Gasteiger partial charge in [0, 0.05) is 6.04 Å². The molecule has 3 N–H and O–H groups in total. The van der Waals surface area contributed by atoms with Crippen LogP contribution >= 0.6 is 0 Å². The Morgan fingerprint density at radius 1 is 1.00 bits per heavy atom. The van der Waals surface area contributed by atoms with Gasteiger partial charge < -0.3 is 15.5 Å². The quantitative estimate of drug-likeness (QED) is 0.731. The number of aliphatic hydroxyl groups excluding tert-OH is 2. The number of amides is 1. The van der Waals surface area contributed by atoms with Crippen LogP contribution in [0.1, 0.15) is 43.1 Å². The fraction of sp³-hybridized carbons (Fsp3) is 0.316. The van der Waals surface area contributed by atoms with E-state index in [0.29, 0.717) is 17.5 Å². The van der Waals surface area contributed by atoms with E-state index in [4.69, 9.17) is 0 Å². The predicted octanol–water partition coefficient (Wildman–Crippen LogP) is 2.88. The van der Waals surface area contributed by atoms with Gasteiger partial charge in [-0.25, -0.2) is 4.39 Å². The number of halogens is 1. The smallest absolute Gasteiger partial charge is 0.223 e. The molecule has 3 atom stereocenters. The number of rotatable bonds is 7. The van der Waals surface area contributed by atoms with Gasteiger partial charge in [-0.05, 0) is 36.6 Å². The summed E-state index contributed by atoms with van der Waals surface area (Å²) in [7, 11) is 0. The molecule has 2 rings (SSSR count). The number of nitrogens with one attached hydrogen (secondary N) is 1. The normalized spacial score (nSPS) is 14.7. The van der Waals surface area contributed by atoms with Gasteiger partial charge in [-0.1, -0.05) is 42.5 Å². The summed E-state index contributed by atoms with van der Waals surface area (Å²) in [6.07, 6.45) is -1.39. The zero-order chi connectivity index (χ0) is 17.5. The first kappa shape index (κ1) is 18.1. The van der Waals surface area contributed by atoms with E-state index < -0.39 is 12.2 Å². The van der Waals surface area contributed by atoms with Gasteiger partial charge in [0.25, 0.3) is 0 Å². The zero-order valence-electron chi connectivity index (χ0n) is 13.5. The highest BCUT2D eigenvalue weighted by Gasteiger charge is 2.17. The van der Waals surface area contributed by atoms with Crippen LogP contribution in [-0.2, 0) is 4.79 Å². The van der Waals surface area contributed by atoms with Crippen molar-refractivity contribution in [2.24, 2.45) is 0 Å². The van der Waals surface area contributed by atoms with E-state index in [0.717, 1.165) is 0 Å². The van der Waals surface area contributed by atoms with Gasteiger partial charge in [-0.15, -0.1) is 0 Å². The number of aliphatic hydroxyl groups is 2. The minimum Gasteiger partial charge on any atom is -0.388 e. The van der Waals surface area contributed by atoms with Gasteiger partial charge in [0.15, 0.2) is 0 Å². The molecule has 0 aliphatic carbocycles. The summed E-state index contributed by atoms with van der Waals surface area (Å²) in [6.45, 7) is 1.78. The Hall–Kier alpha value is -2.24. The fourth-order valence-corrected chi connectivity index (χ4v) is 2.52. The van der Waals surface area contributed by atoms with Gasteiger partial charge >= 0.3 is 0 Å². The Bertz CT molecular complexity index is 645. The first-order valence-electron chi connectivity index (χ1n) is 7.91. The molecule has 0 spiro atoms. The standard InChI is InChI=1S/C19H22FNO3/c1-13(11-17(22)15-7-9-16(20)10-8-15)21-19(24)12-18(23)14-5-3-2-4-6-14/h2-10,13,17-18,22-23H,11-12H2,1H3,(H,21,24). The van der Waals surface area contributed by atoms with Crippen LogP contribution in [-0.4, -0.2) is 22.2 Å². The zero-order valence-corrected chi connectivity index (χ0v) is 13.5. The number of carbonyl (C=O) groups excluding carboxylic acids is 1. The van der Waals surface area contributed by atoms with E-state index in [9.17, 15) is 19.4 Å². The summed E-state index contributed by atoms with van der Waals surface area (Å²) < 4.78 is 12.9. The Labute approximate surface area is 141 Å². The van der Waals surface area contributed by atoms with Crippen LogP contribution in [0, 0.1) is 5.82 Å². The van der Waals surface area contributed by atoms with E-state index >= 15 is 0 Å². The minimum absolute atomic E-state index is 0.0407. The maximum absolute atomic E-state index is 12.9. The number of benzene rings is 2. The Morgan fingerprint density at radius 3 is 2.21 bits per heavy atom. The first-order valence-corrected chi connectivity index (χ1v) is 7.91. The molecule has 0 aliphatic rings. The third kappa shape index (κ3) is 5.44. The predicted molar refractivity (Wildman–Crippen MR) is 89.6 cm³/mol. The van der Waals surface area contributed by atoms with Crippen molar-refractivity contribution in [3.63, 3.8) is 0 Å². The topological polar surface area (TPSA) is 69.6 Å². The average molecular weight is 331 g/mol. The maximum Gasteiger partial charge on any atom is 0.223 e. The molecule has 3 unspecified atom stereocenters. The largest absolute Gasteiger partial charge is 0.388 e. The Kier molecular flexibility index (Phi) is 6.46. The van der Waals surface area contributed by atoms with Gasteiger partial charge in [-0.3, -0.25) is 4.79 Å². The van der Waals surface area contributed by atoms with Crippen molar-refractivity contribution in [1.29, 1.82) is 0 Å². The molecule has 1 amide bonds. The minimum atomic E-state index is -0.861. The lowest BCUT2D eigenvalue weighted by Crippen LogP contribution is -2.34.